The third-order valence-electron chi connectivity index (χ3n) is 13.1. The zero-order valence-corrected chi connectivity index (χ0v) is 45.2. The molecule has 0 aliphatic carbocycles. The number of nitrogens with two attached hydrogens (primary N) is 3. The molecule has 0 unspecified atom stereocenters. The number of aliphatic hydroxyl groups is 2. The molecule has 1 aromatic heterocycles. The zero-order chi connectivity index (χ0) is 58.5. The van der Waals surface area contributed by atoms with Gasteiger partial charge >= 0.3 is 18.0 Å². The molecule has 0 bridgehead atoms. The van der Waals surface area contributed by atoms with E-state index in [-0.39, 0.29) is 108 Å². The summed E-state index contributed by atoms with van der Waals surface area (Å²) >= 11 is 4.04. The molecule has 2 aromatic carbocycles. The number of ketones is 3. The SMILES string of the molecule is CC(=O)[C@H](CS)NC(=O)[C@H](CC(=O)O)CC(=O)[C@@H](N)CCC(=O)CCC(=O)N1Cc2ccccc2-c2c(nnn2CCOCCOCCOCCNC(=O)O[C@@H]([C@@H]2OC(C(=O)O)=C[C@H](N=C(N)N)[C@H]2C)[C@H](O)CO)-c2ccccc21. The van der Waals surface area contributed by atoms with E-state index in [0.717, 1.165) is 11.1 Å². The van der Waals surface area contributed by atoms with Crippen LogP contribution in [0.4, 0.5) is 10.5 Å². The van der Waals surface area contributed by atoms with E-state index < -0.39 is 103 Å². The lowest BCUT2D eigenvalue weighted by Gasteiger charge is -2.38. The van der Waals surface area contributed by atoms with E-state index in [1.807, 2.05) is 36.4 Å². The van der Waals surface area contributed by atoms with E-state index in [0.29, 0.717) is 29.2 Å². The molecule has 0 radical (unpaired) electrons. The first-order chi connectivity index (χ1) is 38.2. The minimum atomic E-state index is -1.64. The van der Waals surface area contributed by atoms with E-state index in [2.05, 4.69) is 38.6 Å². The minimum Gasteiger partial charge on any atom is -0.481 e. The molecule has 5 rings (SSSR count). The van der Waals surface area contributed by atoms with Crippen molar-refractivity contribution in [3.05, 3.63) is 65.9 Å². The second-order valence-corrected chi connectivity index (χ2v) is 19.2. The molecule has 80 heavy (non-hydrogen) atoms. The molecule has 28 heteroatoms. The number of benzene rings is 2. The lowest BCUT2D eigenvalue weighted by molar-refractivity contribution is -0.147. The van der Waals surface area contributed by atoms with Crippen LogP contribution in [0.3, 0.4) is 0 Å². The molecule has 0 saturated carbocycles. The summed E-state index contributed by atoms with van der Waals surface area (Å²) in [5.41, 5.74) is 21.1. The number of fused-ring (bicyclic) bond motifs is 5. The van der Waals surface area contributed by atoms with Gasteiger partial charge in [-0.2, -0.15) is 12.6 Å². The highest BCUT2D eigenvalue weighted by molar-refractivity contribution is 7.80. The number of carbonyl (C=O) groups is 8. The predicted molar refractivity (Wildman–Crippen MR) is 289 cm³/mol. The smallest absolute Gasteiger partial charge is 0.407 e. The van der Waals surface area contributed by atoms with Gasteiger partial charge in [0.05, 0.1) is 101 Å². The summed E-state index contributed by atoms with van der Waals surface area (Å²) in [5.74, 6) is -8.09. The molecular formula is C52H70N10O17S. The molecule has 3 aromatic rings. The third-order valence-corrected chi connectivity index (χ3v) is 13.4. The van der Waals surface area contributed by atoms with Crippen LogP contribution in [0.15, 0.2) is 65.4 Å². The highest BCUT2D eigenvalue weighted by Gasteiger charge is 2.44. The quantitative estimate of drug-likeness (QED) is 0.0167. The van der Waals surface area contributed by atoms with Gasteiger partial charge in [-0.25, -0.2) is 19.3 Å². The number of alkyl carbamates (subject to hydrolysis) is 1. The second kappa shape index (κ2) is 31.5. The number of nitrogens with zero attached hydrogens (tertiary/aromatic N) is 5. The van der Waals surface area contributed by atoms with Gasteiger partial charge in [0.2, 0.25) is 17.6 Å². The molecule has 0 saturated heterocycles. The van der Waals surface area contributed by atoms with Crippen molar-refractivity contribution >= 4 is 71.5 Å². The molecule has 0 spiro atoms. The molecule has 2 aliphatic rings. The second-order valence-electron chi connectivity index (χ2n) is 18.9. The number of aliphatic carboxylic acids is 2. The van der Waals surface area contributed by atoms with Gasteiger partial charge in [-0.15, -0.1) is 5.10 Å². The first-order valence-electron chi connectivity index (χ1n) is 25.8. The van der Waals surface area contributed by atoms with Crippen LogP contribution in [0.2, 0.25) is 0 Å². The molecular weight excluding hydrogens is 1070 g/mol. The number of aliphatic hydroxyl groups excluding tert-OH is 2. The number of thiol groups is 1. The summed E-state index contributed by atoms with van der Waals surface area (Å²) in [6.45, 7) is 3.65. The van der Waals surface area contributed by atoms with E-state index in [4.69, 9.17) is 40.9 Å². The van der Waals surface area contributed by atoms with Crippen molar-refractivity contribution < 1.29 is 82.5 Å². The van der Waals surface area contributed by atoms with Crippen LogP contribution in [0.1, 0.15) is 57.9 Å². The number of aromatic nitrogens is 3. The normalized spacial score (nSPS) is 17.4. The summed E-state index contributed by atoms with van der Waals surface area (Å²) < 4.78 is 29.7. The molecule has 8 atom stereocenters. The fourth-order valence-electron chi connectivity index (χ4n) is 8.77. The molecule has 3 amide bonds. The Labute approximate surface area is 465 Å². The summed E-state index contributed by atoms with van der Waals surface area (Å²) in [5, 5.41) is 53.0. The first kappa shape index (κ1) is 63.5. The predicted octanol–water partition coefficient (Wildman–Crippen LogP) is 0.112. The zero-order valence-electron chi connectivity index (χ0n) is 44.3. The Morgan fingerprint density at radius 2 is 1.56 bits per heavy atom. The van der Waals surface area contributed by atoms with Crippen molar-refractivity contribution in [2.45, 2.75) is 102 Å². The molecule has 2 aliphatic heterocycles. The van der Waals surface area contributed by atoms with Gasteiger partial charge in [0, 0.05) is 55.0 Å². The van der Waals surface area contributed by atoms with E-state index in [9.17, 15) is 58.8 Å². The Bertz CT molecular complexity index is 2720. The Kier molecular flexibility index (Phi) is 25.0. The number of ether oxygens (including phenoxy) is 5. The Balaban J connectivity index is 1.06. The molecule has 12 N–H and O–H groups in total. The number of aliphatic imine (C=N–C) groups is 1. The number of hydrogen-bond acceptors (Lipinski definition) is 20. The van der Waals surface area contributed by atoms with Crippen LogP contribution in [0.25, 0.3) is 22.5 Å². The van der Waals surface area contributed by atoms with Gasteiger partial charge < -0.3 is 76.8 Å². The first-order valence-corrected chi connectivity index (χ1v) is 26.4. The average Bonchev–Trinajstić information content (AvgIpc) is 4.04. The average molecular weight is 1140 g/mol. The number of carboxylic acid groups (broad SMARTS) is 2. The maximum Gasteiger partial charge on any atom is 0.407 e. The van der Waals surface area contributed by atoms with Crippen molar-refractivity contribution in [1.82, 2.24) is 25.6 Å². The number of nitrogens with one attached hydrogen (secondary N) is 2. The number of amides is 3. The third kappa shape index (κ3) is 18.4. The van der Waals surface area contributed by atoms with Gasteiger partial charge in [-0.3, -0.25) is 28.8 Å². The Hall–Kier alpha value is -7.34. The number of rotatable bonds is 33. The maximum absolute atomic E-state index is 14.1. The van der Waals surface area contributed by atoms with Crippen molar-refractivity contribution in [3.63, 3.8) is 0 Å². The van der Waals surface area contributed by atoms with Crippen LogP contribution in [-0.4, -0.2) is 184 Å². The largest absolute Gasteiger partial charge is 0.481 e. The summed E-state index contributed by atoms with van der Waals surface area (Å²) in [6, 6.07) is 11.7. The number of Topliss-reactive ketones (excluding diaryl/α,β-unsaturated/α-hetero) is 3. The Morgan fingerprint density at radius 1 is 0.900 bits per heavy atom. The lowest BCUT2D eigenvalue weighted by atomic mass is 9.87. The molecule has 436 valence electrons. The van der Waals surface area contributed by atoms with E-state index in [1.165, 1.54) is 13.0 Å². The van der Waals surface area contributed by atoms with Gasteiger partial charge in [0.15, 0.2) is 17.8 Å². The number of anilines is 1. The fourth-order valence-corrected chi connectivity index (χ4v) is 9.12. The van der Waals surface area contributed by atoms with E-state index in [1.54, 1.807) is 28.6 Å². The van der Waals surface area contributed by atoms with Crippen LogP contribution in [0.5, 0.6) is 0 Å². The van der Waals surface area contributed by atoms with Crippen LogP contribution in [0, 0.1) is 11.8 Å². The van der Waals surface area contributed by atoms with Gasteiger partial charge in [-0.1, -0.05) is 54.6 Å². The van der Waals surface area contributed by atoms with Gasteiger partial charge in [0.25, 0.3) is 0 Å². The lowest BCUT2D eigenvalue weighted by Crippen LogP contribution is -2.52. The molecule has 3 heterocycles. The standard InChI is InChI=1S/C52H70N10O17S/c1-29-37(58-51(54)55)25-42(50(72)73)78-47(29)48(41(67)27-63)79-52(74)56-15-17-75-19-21-77-22-20-76-18-16-62-46-34-8-4-3-7-31(34)26-61(39-10-6-5-9-35(39)45(46)59-60-62)43(68)14-12-33(65)11-13-36(53)40(66)23-32(24-44(69)70)49(71)57-38(28-80)30(2)64/h3-10,25,29,32,36-38,41,47-48,63,67,80H,11-24,26-28,53H2,1-2H3,(H,56,74)(H,57,71)(H,69,70)(H,72,73)(H4,54,55,58)/t29-,32+,36+,37+,38+,41-,47-,48-/m1/s1. The fraction of sp³-hybridized carbons (Fsp3) is 0.519. The number of carboxylic acids is 2. The summed E-state index contributed by atoms with van der Waals surface area (Å²) in [4.78, 5) is 106. The highest BCUT2D eigenvalue weighted by Crippen LogP contribution is 2.41. The molecule has 0 fully saturated rings. The maximum atomic E-state index is 14.1. The number of hydrogen-bond donors (Lipinski definition) is 10. The van der Waals surface area contributed by atoms with Crippen molar-refractivity contribution in [2.24, 2.45) is 34.0 Å². The Morgan fingerprint density at radius 3 is 2.21 bits per heavy atom. The molecule has 27 nitrogen and oxygen atoms in total. The van der Waals surface area contributed by atoms with Crippen LogP contribution >= 0.6 is 12.6 Å². The van der Waals surface area contributed by atoms with Crippen molar-refractivity contribution in [2.75, 3.05) is 63.4 Å². The monoisotopic (exact) mass is 1140 g/mol. The van der Waals surface area contributed by atoms with Gasteiger partial charge in [0.1, 0.15) is 29.5 Å². The van der Waals surface area contributed by atoms with Crippen LogP contribution < -0.4 is 32.7 Å². The van der Waals surface area contributed by atoms with Gasteiger partial charge in [-0.05, 0) is 31.1 Å². The number of guanidine groups is 1. The summed E-state index contributed by atoms with van der Waals surface area (Å²) in [6.07, 6.45) is -5.92. The van der Waals surface area contributed by atoms with Crippen LogP contribution in [-0.2, 0) is 70.3 Å². The topological polar surface area (TPSA) is 412 Å². The summed E-state index contributed by atoms with van der Waals surface area (Å²) in [7, 11) is 0. The van der Waals surface area contributed by atoms with Crippen molar-refractivity contribution in [1.29, 1.82) is 0 Å². The highest BCUT2D eigenvalue weighted by atomic mass is 32.1. The minimum absolute atomic E-state index is 0.00845. The van der Waals surface area contributed by atoms with E-state index >= 15 is 0 Å². The van der Waals surface area contributed by atoms with Crippen molar-refractivity contribution in [3.8, 4) is 22.5 Å². The number of para-hydroxylation sites is 1. The number of carbonyl (C=O) groups excluding carboxylic acids is 6.